The minimum atomic E-state index is -0.401. The molecule has 2 rings (SSSR count). The zero-order valence-electron chi connectivity index (χ0n) is 9.54. The van der Waals surface area contributed by atoms with Gasteiger partial charge in [-0.2, -0.15) is 0 Å². The number of ether oxygens (including phenoxy) is 1. The van der Waals surface area contributed by atoms with E-state index in [9.17, 15) is 4.79 Å². The second kappa shape index (κ2) is 5.25. The van der Waals surface area contributed by atoms with Crippen molar-refractivity contribution in [3.05, 3.63) is 66.0 Å². The lowest BCUT2D eigenvalue weighted by molar-refractivity contribution is 0.0331. The molecule has 3 nitrogen and oxygen atoms in total. The van der Waals surface area contributed by atoms with E-state index in [1.807, 2.05) is 37.3 Å². The van der Waals surface area contributed by atoms with Crippen molar-refractivity contribution in [3.8, 4) is 0 Å². The Kier molecular flexibility index (Phi) is 3.50. The van der Waals surface area contributed by atoms with Gasteiger partial charge >= 0.3 is 5.97 Å². The lowest BCUT2D eigenvalue weighted by Gasteiger charge is -2.12. The fourth-order valence-electron chi connectivity index (χ4n) is 1.50. The van der Waals surface area contributed by atoms with Gasteiger partial charge in [0.2, 0.25) is 0 Å². The Balaban J connectivity index is 2.05. The van der Waals surface area contributed by atoms with E-state index in [1.54, 1.807) is 24.4 Å². The molecule has 0 spiro atoms. The molecule has 0 aliphatic rings. The van der Waals surface area contributed by atoms with Crippen LogP contribution in [0.3, 0.4) is 0 Å². The lowest BCUT2D eigenvalue weighted by Crippen LogP contribution is -2.10. The Bertz CT molecular complexity index is 482. The van der Waals surface area contributed by atoms with E-state index < -0.39 is 5.97 Å². The molecule has 86 valence electrons. The number of rotatable bonds is 3. The van der Waals surface area contributed by atoms with Gasteiger partial charge in [0, 0.05) is 6.20 Å². The van der Waals surface area contributed by atoms with E-state index in [-0.39, 0.29) is 6.10 Å². The van der Waals surface area contributed by atoms with Crippen LogP contribution in [0.2, 0.25) is 0 Å². The second-order valence-electron chi connectivity index (χ2n) is 3.67. The average Bonchev–Trinajstić information content (AvgIpc) is 2.40. The fourth-order valence-corrected chi connectivity index (χ4v) is 1.50. The Hall–Kier alpha value is -2.16. The molecule has 3 heteroatoms. The van der Waals surface area contributed by atoms with Gasteiger partial charge in [0.1, 0.15) is 11.8 Å². The number of aromatic nitrogens is 1. The van der Waals surface area contributed by atoms with Crippen LogP contribution >= 0.6 is 0 Å². The summed E-state index contributed by atoms with van der Waals surface area (Å²) in [6.45, 7) is 1.84. The summed E-state index contributed by atoms with van der Waals surface area (Å²) >= 11 is 0. The quantitative estimate of drug-likeness (QED) is 0.757. The van der Waals surface area contributed by atoms with Crippen molar-refractivity contribution in [3.63, 3.8) is 0 Å². The first kappa shape index (κ1) is 11.3. The molecule has 0 fully saturated rings. The summed E-state index contributed by atoms with van der Waals surface area (Å²) in [5, 5.41) is 0. The van der Waals surface area contributed by atoms with Gasteiger partial charge in [-0.25, -0.2) is 9.78 Å². The second-order valence-corrected chi connectivity index (χ2v) is 3.67. The predicted molar refractivity (Wildman–Crippen MR) is 64.5 cm³/mol. The Morgan fingerprint density at radius 2 is 1.82 bits per heavy atom. The van der Waals surface area contributed by atoms with Gasteiger partial charge < -0.3 is 4.74 Å². The van der Waals surface area contributed by atoms with Gasteiger partial charge in [-0.1, -0.05) is 36.4 Å². The van der Waals surface area contributed by atoms with Crippen molar-refractivity contribution in [1.29, 1.82) is 0 Å². The first-order valence-electron chi connectivity index (χ1n) is 5.44. The van der Waals surface area contributed by atoms with Crippen LogP contribution < -0.4 is 0 Å². The maximum atomic E-state index is 11.7. The van der Waals surface area contributed by atoms with E-state index in [1.165, 1.54) is 0 Å². The number of benzene rings is 1. The van der Waals surface area contributed by atoms with E-state index in [2.05, 4.69) is 4.98 Å². The normalized spacial score (nSPS) is 11.8. The van der Waals surface area contributed by atoms with Gasteiger partial charge in [0.05, 0.1) is 0 Å². The number of hydrogen-bond acceptors (Lipinski definition) is 3. The van der Waals surface area contributed by atoms with Crippen LogP contribution in [-0.4, -0.2) is 11.0 Å². The molecule has 2 aromatic rings. The third-order valence-electron chi connectivity index (χ3n) is 2.43. The zero-order chi connectivity index (χ0) is 12.1. The zero-order valence-corrected chi connectivity index (χ0v) is 9.54. The fraction of sp³-hybridized carbons (Fsp3) is 0.143. The maximum absolute atomic E-state index is 11.7. The number of hydrogen-bond donors (Lipinski definition) is 0. The van der Waals surface area contributed by atoms with Crippen LogP contribution in [-0.2, 0) is 4.74 Å². The number of carbonyl (C=O) groups excluding carboxylic acids is 1. The summed E-state index contributed by atoms with van der Waals surface area (Å²) in [4.78, 5) is 15.7. The molecule has 0 radical (unpaired) electrons. The minimum Gasteiger partial charge on any atom is -0.453 e. The van der Waals surface area contributed by atoms with Crippen molar-refractivity contribution in [1.82, 2.24) is 4.98 Å². The van der Waals surface area contributed by atoms with Gasteiger partial charge in [-0.05, 0) is 24.6 Å². The summed E-state index contributed by atoms with van der Waals surface area (Å²) in [5.74, 6) is -0.401. The van der Waals surface area contributed by atoms with E-state index in [0.717, 1.165) is 5.56 Å². The molecule has 1 atom stereocenters. The molecular formula is C14H13NO2. The third kappa shape index (κ3) is 2.91. The van der Waals surface area contributed by atoms with Gasteiger partial charge in [0.15, 0.2) is 0 Å². The van der Waals surface area contributed by atoms with Crippen LogP contribution in [0.25, 0.3) is 0 Å². The highest BCUT2D eigenvalue weighted by atomic mass is 16.5. The summed E-state index contributed by atoms with van der Waals surface area (Å²) in [5.41, 5.74) is 1.30. The molecule has 1 aromatic heterocycles. The number of nitrogens with zero attached hydrogens (tertiary/aromatic N) is 1. The molecular weight excluding hydrogens is 214 g/mol. The van der Waals surface area contributed by atoms with Gasteiger partial charge in [-0.3, -0.25) is 0 Å². The molecule has 0 unspecified atom stereocenters. The molecule has 0 bridgehead atoms. The molecule has 0 N–H and O–H groups in total. The standard InChI is InChI=1S/C14H13NO2/c1-11(12-7-3-2-4-8-12)17-14(16)13-9-5-6-10-15-13/h2-11H,1H3/t11-/m1/s1. The van der Waals surface area contributed by atoms with Crippen molar-refractivity contribution in [2.24, 2.45) is 0 Å². The highest BCUT2D eigenvalue weighted by Gasteiger charge is 2.13. The topological polar surface area (TPSA) is 39.2 Å². The Labute approximate surface area is 100 Å². The summed E-state index contributed by atoms with van der Waals surface area (Å²) < 4.78 is 5.32. The Morgan fingerprint density at radius 1 is 1.12 bits per heavy atom. The van der Waals surface area contributed by atoms with Crippen LogP contribution in [0.5, 0.6) is 0 Å². The Morgan fingerprint density at radius 3 is 2.47 bits per heavy atom. The lowest BCUT2D eigenvalue weighted by atomic mass is 10.1. The van der Waals surface area contributed by atoms with Crippen molar-refractivity contribution in [2.75, 3.05) is 0 Å². The third-order valence-corrected chi connectivity index (χ3v) is 2.43. The van der Waals surface area contributed by atoms with Crippen LogP contribution in [0.4, 0.5) is 0 Å². The monoisotopic (exact) mass is 227 g/mol. The summed E-state index contributed by atoms with van der Waals surface area (Å²) in [6, 6.07) is 14.8. The molecule has 0 saturated heterocycles. The van der Waals surface area contributed by atoms with E-state index >= 15 is 0 Å². The largest absolute Gasteiger partial charge is 0.453 e. The molecule has 17 heavy (non-hydrogen) atoms. The minimum absolute atomic E-state index is 0.272. The summed E-state index contributed by atoms with van der Waals surface area (Å²) in [7, 11) is 0. The summed E-state index contributed by atoms with van der Waals surface area (Å²) in [6.07, 6.45) is 1.30. The number of carbonyl (C=O) groups is 1. The molecule has 1 heterocycles. The number of esters is 1. The van der Waals surface area contributed by atoms with Gasteiger partial charge in [0.25, 0.3) is 0 Å². The van der Waals surface area contributed by atoms with Crippen LogP contribution in [0, 0.1) is 0 Å². The highest BCUT2D eigenvalue weighted by Crippen LogP contribution is 2.17. The SMILES string of the molecule is C[C@@H](OC(=O)c1ccccn1)c1ccccc1. The molecule has 0 amide bonds. The maximum Gasteiger partial charge on any atom is 0.357 e. The first-order valence-corrected chi connectivity index (χ1v) is 5.44. The van der Waals surface area contributed by atoms with Crippen molar-refractivity contribution < 1.29 is 9.53 Å². The van der Waals surface area contributed by atoms with Gasteiger partial charge in [-0.15, -0.1) is 0 Å². The first-order chi connectivity index (χ1) is 8.27. The van der Waals surface area contributed by atoms with E-state index in [0.29, 0.717) is 5.69 Å². The number of pyridine rings is 1. The van der Waals surface area contributed by atoms with Crippen LogP contribution in [0.15, 0.2) is 54.7 Å². The smallest absolute Gasteiger partial charge is 0.357 e. The molecule has 0 aliphatic carbocycles. The van der Waals surface area contributed by atoms with Crippen molar-refractivity contribution in [2.45, 2.75) is 13.0 Å². The molecule has 0 aliphatic heterocycles. The predicted octanol–water partition coefficient (Wildman–Crippen LogP) is 3.00. The average molecular weight is 227 g/mol. The van der Waals surface area contributed by atoms with E-state index in [4.69, 9.17) is 4.74 Å². The highest BCUT2D eigenvalue weighted by molar-refractivity contribution is 5.87. The van der Waals surface area contributed by atoms with Crippen LogP contribution in [0.1, 0.15) is 29.1 Å². The van der Waals surface area contributed by atoms with Crippen molar-refractivity contribution >= 4 is 5.97 Å². The molecule has 1 aromatic carbocycles. The molecule has 0 saturated carbocycles.